The average molecular weight is 295 g/mol. The van der Waals surface area contributed by atoms with E-state index in [1.54, 1.807) is 0 Å². The number of hydrogen-bond acceptors (Lipinski definition) is 2. The van der Waals surface area contributed by atoms with E-state index < -0.39 is 0 Å². The second-order valence-electron chi connectivity index (χ2n) is 6.70. The van der Waals surface area contributed by atoms with Crippen LogP contribution in [0.4, 0.5) is 0 Å². The van der Waals surface area contributed by atoms with E-state index in [-0.39, 0.29) is 0 Å². The van der Waals surface area contributed by atoms with Gasteiger partial charge in [0, 0.05) is 18.1 Å². The van der Waals surface area contributed by atoms with Crippen LogP contribution in [0.1, 0.15) is 38.2 Å². The van der Waals surface area contributed by atoms with Gasteiger partial charge in [0.2, 0.25) is 0 Å². The molecule has 1 saturated carbocycles. The highest BCUT2D eigenvalue weighted by Gasteiger charge is 2.34. The third kappa shape index (κ3) is 4.21. The molecule has 0 spiro atoms. The summed E-state index contributed by atoms with van der Waals surface area (Å²) in [5.41, 5.74) is 7.75. The van der Waals surface area contributed by atoms with Crippen molar-refractivity contribution in [3.63, 3.8) is 0 Å². The molecule has 1 aromatic carbocycles. The maximum absolute atomic E-state index is 6.12. The summed E-state index contributed by atoms with van der Waals surface area (Å²) >= 11 is 5.93. The first-order valence-electron chi connectivity index (χ1n) is 7.66. The van der Waals surface area contributed by atoms with Gasteiger partial charge in [0.15, 0.2) is 0 Å². The van der Waals surface area contributed by atoms with Crippen LogP contribution < -0.4 is 5.73 Å². The molecule has 3 heteroatoms. The first-order valence-corrected chi connectivity index (χ1v) is 8.04. The van der Waals surface area contributed by atoms with Gasteiger partial charge in [0.05, 0.1) is 0 Å². The molecule has 2 rings (SSSR count). The molecule has 1 aliphatic rings. The third-order valence-corrected chi connectivity index (χ3v) is 4.84. The van der Waals surface area contributed by atoms with Crippen molar-refractivity contribution in [2.24, 2.45) is 17.1 Å². The summed E-state index contributed by atoms with van der Waals surface area (Å²) in [6, 6.07) is 8.15. The third-order valence-electron chi connectivity index (χ3n) is 4.59. The van der Waals surface area contributed by atoms with Gasteiger partial charge in [0.1, 0.15) is 0 Å². The molecule has 2 nitrogen and oxygen atoms in total. The molecule has 0 amide bonds. The van der Waals surface area contributed by atoms with Crippen LogP contribution in [-0.4, -0.2) is 25.0 Å². The van der Waals surface area contributed by atoms with Crippen LogP contribution in [0.5, 0.6) is 0 Å². The minimum Gasteiger partial charge on any atom is -0.330 e. The number of halogens is 1. The van der Waals surface area contributed by atoms with Gasteiger partial charge in [-0.05, 0) is 55.5 Å². The van der Waals surface area contributed by atoms with Crippen molar-refractivity contribution in [3.05, 3.63) is 34.9 Å². The van der Waals surface area contributed by atoms with E-state index >= 15 is 0 Å². The molecular weight excluding hydrogens is 268 g/mol. The van der Waals surface area contributed by atoms with Crippen molar-refractivity contribution in [2.45, 2.75) is 39.2 Å². The van der Waals surface area contributed by atoms with Crippen molar-refractivity contribution in [2.75, 3.05) is 20.1 Å². The molecule has 0 aliphatic heterocycles. The Morgan fingerprint density at radius 2 is 2.05 bits per heavy atom. The minimum atomic E-state index is 0.318. The normalized spacial score (nSPS) is 26.9. The fraction of sp³-hybridized carbons (Fsp3) is 0.647. The molecule has 0 aromatic heterocycles. The molecule has 1 aromatic rings. The zero-order chi connectivity index (χ0) is 14.6. The molecule has 20 heavy (non-hydrogen) atoms. The van der Waals surface area contributed by atoms with E-state index in [0.29, 0.717) is 5.41 Å². The lowest BCUT2D eigenvalue weighted by molar-refractivity contribution is 0.0981. The summed E-state index contributed by atoms with van der Waals surface area (Å²) in [5, 5.41) is 0.802. The standard InChI is InChI=1S/C17H27ClN2/c1-14-4-3-9-17(10-14,12-19)13-20(2)11-15-5-7-16(18)8-6-15/h5-8,14H,3-4,9-13,19H2,1-2H3. The lowest BCUT2D eigenvalue weighted by atomic mass is 9.70. The lowest BCUT2D eigenvalue weighted by Gasteiger charge is -2.41. The molecule has 0 radical (unpaired) electrons. The second kappa shape index (κ2) is 6.93. The van der Waals surface area contributed by atoms with Crippen molar-refractivity contribution >= 4 is 11.6 Å². The molecule has 0 bridgehead atoms. The average Bonchev–Trinajstić information content (AvgIpc) is 2.41. The summed E-state index contributed by atoms with van der Waals surface area (Å²) in [7, 11) is 2.20. The Bertz CT molecular complexity index is 418. The summed E-state index contributed by atoms with van der Waals surface area (Å²) in [6.07, 6.45) is 5.24. The van der Waals surface area contributed by atoms with E-state index in [2.05, 4.69) is 31.0 Å². The predicted octanol–water partition coefficient (Wildman–Crippen LogP) is 3.93. The Hall–Kier alpha value is -0.570. The summed E-state index contributed by atoms with van der Waals surface area (Å²) in [6.45, 7) is 5.23. The molecule has 0 saturated heterocycles. The number of hydrogen-bond donors (Lipinski definition) is 1. The van der Waals surface area contributed by atoms with E-state index in [9.17, 15) is 0 Å². The molecule has 0 heterocycles. The lowest BCUT2D eigenvalue weighted by Crippen LogP contribution is -2.44. The van der Waals surface area contributed by atoms with Gasteiger partial charge in [-0.3, -0.25) is 0 Å². The topological polar surface area (TPSA) is 29.3 Å². The van der Waals surface area contributed by atoms with Crippen molar-refractivity contribution < 1.29 is 0 Å². The summed E-state index contributed by atoms with van der Waals surface area (Å²) in [5.74, 6) is 0.816. The summed E-state index contributed by atoms with van der Waals surface area (Å²) in [4.78, 5) is 2.41. The fourth-order valence-electron chi connectivity index (χ4n) is 3.69. The van der Waals surface area contributed by atoms with Crippen LogP contribution in [0.25, 0.3) is 0 Å². The van der Waals surface area contributed by atoms with E-state index in [1.165, 1.54) is 31.2 Å². The SMILES string of the molecule is CC1CCCC(CN)(CN(C)Cc2ccc(Cl)cc2)C1. The number of nitrogens with zero attached hydrogens (tertiary/aromatic N) is 1. The Balaban J connectivity index is 1.95. The Labute approximate surface area is 128 Å². The van der Waals surface area contributed by atoms with Gasteiger partial charge in [-0.15, -0.1) is 0 Å². The quantitative estimate of drug-likeness (QED) is 0.891. The van der Waals surface area contributed by atoms with E-state index in [0.717, 1.165) is 30.6 Å². The Morgan fingerprint density at radius 1 is 1.35 bits per heavy atom. The molecule has 1 fully saturated rings. The van der Waals surface area contributed by atoms with Gasteiger partial charge in [0.25, 0.3) is 0 Å². The smallest absolute Gasteiger partial charge is 0.0406 e. The van der Waals surface area contributed by atoms with Gasteiger partial charge >= 0.3 is 0 Å². The summed E-state index contributed by atoms with van der Waals surface area (Å²) < 4.78 is 0. The molecule has 2 unspecified atom stereocenters. The molecule has 2 N–H and O–H groups in total. The van der Waals surface area contributed by atoms with Crippen LogP contribution in [0.3, 0.4) is 0 Å². The minimum absolute atomic E-state index is 0.318. The van der Waals surface area contributed by atoms with Gasteiger partial charge < -0.3 is 10.6 Å². The monoisotopic (exact) mass is 294 g/mol. The Morgan fingerprint density at radius 3 is 2.65 bits per heavy atom. The van der Waals surface area contributed by atoms with Crippen molar-refractivity contribution in [1.82, 2.24) is 4.90 Å². The highest BCUT2D eigenvalue weighted by atomic mass is 35.5. The maximum Gasteiger partial charge on any atom is 0.0406 e. The van der Waals surface area contributed by atoms with Crippen LogP contribution in [-0.2, 0) is 6.54 Å². The van der Waals surface area contributed by atoms with Crippen LogP contribution >= 0.6 is 11.6 Å². The van der Waals surface area contributed by atoms with Crippen LogP contribution in [0, 0.1) is 11.3 Å². The van der Waals surface area contributed by atoms with E-state index in [1.807, 2.05) is 12.1 Å². The molecule has 112 valence electrons. The number of nitrogens with two attached hydrogens (primary N) is 1. The number of benzene rings is 1. The first-order chi connectivity index (χ1) is 9.53. The molecule has 1 aliphatic carbocycles. The fourth-order valence-corrected chi connectivity index (χ4v) is 3.82. The van der Waals surface area contributed by atoms with Gasteiger partial charge in [-0.1, -0.05) is 43.5 Å². The molecular formula is C17H27ClN2. The second-order valence-corrected chi connectivity index (χ2v) is 7.14. The predicted molar refractivity (Wildman–Crippen MR) is 86.9 cm³/mol. The maximum atomic E-state index is 6.12. The first kappa shape index (κ1) is 15.8. The van der Waals surface area contributed by atoms with Crippen LogP contribution in [0.2, 0.25) is 5.02 Å². The van der Waals surface area contributed by atoms with Gasteiger partial charge in [-0.2, -0.15) is 0 Å². The van der Waals surface area contributed by atoms with Crippen molar-refractivity contribution in [1.29, 1.82) is 0 Å². The largest absolute Gasteiger partial charge is 0.330 e. The van der Waals surface area contributed by atoms with Crippen LogP contribution in [0.15, 0.2) is 24.3 Å². The number of rotatable bonds is 5. The zero-order valence-electron chi connectivity index (χ0n) is 12.7. The Kier molecular flexibility index (Phi) is 5.48. The van der Waals surface area contributed by atoms with Crippen molar-refractivity contribution in [3.8, 4) is 0 Å². The highest BCUT2D eigenvalue weighted by molar-refractivity contribution is 6.30. The highest BCUT2D eigenvalue weighted by Crippen LogP contribution is 2.39. The van der Waals surface area contributed by atoms with E-state index in [4.69, 9.17) is 17.3 Å². The molecule has 2 atom stereocenters. The van der Waals surface area contributed by atoms with Gasteiger partial charge in [-0.25, -0.2) is 0 Å². The zero-order valence-corrected chi connectivity index (χ0v) is 13.5.